The van der Waals surface area contributed by atoms with Crippen LogP contribution >= 0.6 is 0 Å². The predicted octanol–water partition coefficient (Wildman–Crippen LogP) is 6.65. The average molecular weight is 335 g/mol. The van der Waals surface area contributed by atoms with Crippen molar-refractivity contribution in [3.05, 3.63) is 29.8 Å². The van der Waals surface area contributed by atoms with Crippen molar-refractivity contribution in [2.45, 2.75) is 80.4 Å². The Labute approximate surface area is 149 Å². The van der Waals surface area contributed by atoms with E-state index in [0.717, 1.165) is 12.2 Å². The van der Waals surface area contributed by atoms with Crippen molar-refractivity contribution in [3.8, 4) is 5.75 Å². The van der Waals surface area contributed by atoms with E-state index in [1.54, 1.807) is 0 Å². The Hall–Kier alpha value is -1.02. The zero-order valence-electron chi connectivity index (χ0n) is 17.1. The third kappa shape index (κ3) is 7.70. The lowest BCUT2D eigenvalue weighted by atomic mass is 9.82. The molecule has 0 aromatic heterocycles. The molecule has 0 aliphatic heterocycles. The van der Waals surface area contributed by atoms with Gasteiger partial charge in [0.05, 0.1) is 0 Å². The van der Waals surface area contributed by atoms with Gasteiger partial charge in [-0.05, 0) is 54.2 Å². The molecule has 0 saturated heterocycles. The number of hydrogen-bond acceptors (Lipinski definition) is 2. The van der Waals surface area contributed by atoms with E-state index in [-0.39, 0.29) is 11.7 Å². The third-order valence-corrected chi connectivity index (χ3v) is 4.24. The zero-order chi connectivity index (χ0) is 18.3. The molecule has 0 fully saturated rings. The van der Waals surface area contributed by atoms with Gasteiger partial charge in [-0.15, -0.1) is 0 Å². The van der Waals surface area contributed by atoms with Crippen molar-refractivity contribution in [2.24, 2.45) is 17.3 Å². The molecule has 2 unspecified atom stereocenters. The summed E-state index contributed by atoms with van der Waals surface area (Å²) >= 11 is 0. The molecule has 0 heterocycles. The Kier molecular flexibility index (Phi) is 8.29. The molecular formula is C22H38O2. The highest BCUT2D eigenvalue weighted by Gasteiger charge is 2.21. The first-order chi connectivity index (χ1) is 11.1. The highest BCUT2D eigenvalue weighted by Crippen LogP contribution is 2.32. The first-order valence-corrected chi connectivity index (χ1v) is 9.50. The lowest BCUT2D eigenvalue weighted by molar-refractivity contribution is -0.0952. The largest absolute Gasteiger partial charge is 0.465 e. The van der Waals surface area contributed by atoms with E-state index in [9.17, 15) is 0 Å². The lowest BCUT2D eigenvalue weighted by Crippen LogP contribution is -2.26. The third-order valence-electron chi connectivity index (χ3n) is 4.24. The van der Waals surface area contributed by atoms with Gasteiger partial charge in [-0.1, -0.05) is 60.6 Å². The molecule has 0 radical (unpaired) electrons. The summed E-state index contributed by atoms with van der Waals surface area (Å²) in [4.78, 5) is 0. The molecule has 138 valence electrons. The van der Waals surface area contributed by atoms with Crippen LogP contribution in [0.25, 0.3) is 0 Å². The van der Waals surface area contributed by atoms with Crippen LogP contribution in [0.3, 0.4) is 0 Å². The monoisotopic (exact) mass is 334 g/mol. The summed E-state index contributed by atoms with van der Waals surface area (Å²) in [6.07, 6.45) is 1.92. The van der Waals surface area contributed by atoms with Gasteiger partial charge < -0.3 is 9.47 Å². The molecule has 0 saturated carbocycles. The second-order valence-corrected chi connectivity index (χ2v) is 8.82. The summed E-state index contributed by atoms with van der Waals surface area (Å²) in [6, 6.07) is 8.64. The van der Waals surface area contributed by atoms with Crippen LogP contribution in [0.5, 0.6) is 5.75 Å². The van der Waals surface area contributed by atoms with Crippen LogP contribution in [-0.2, 0) is 4.74 Å². The van der Waals surface area contributed by atoms with Gasteiger partial charge in [-0.25, -0.2) is 0 Å². The Morgan fingerprint density at radius 2 is 1.54 bits per heavy atom. The number of hydrogen-bond donors (Lipinski definition) is 0. The normalized spacial score (nSPS) is 14.9. The topological polar surface area (TPSA) is 18.5 Å². The van der Waals surface area contributed by atoms with E-state index in [0.29, 0.717) is 24.4 Å². The summed E-state index contributed by atoms with van der Waals surface area (Å²) in [5.74, 6) is 2.86. The standard InChI is InChI=1S/C22H38O2/c1-9-23-21(15-22(6,7)8)24-19-12-10-18(11-13-19)20(17(4)5)14-16(2)3/h10-13,16-17,20-21H,9,14-15H2,1-8H3. The number of rotatable bonds is 9. The summed E-state index contributed by atoms with van der Waals surface area (Å²) in [7, 11) is 0. The van der Waals surface area contributed by atoms with Gasteiger partial charge >= 0.3 is 0 Å². The summed E-state index contributed by atoms with van der Waals surface area (Å²) in [6.45, 7) is 18.5. The Morgan fingerprint density at radius 1 is 0.958 bits per heavy atom. The minimum Gasteiger partial charge on any atom is -0.465 e. The number of ether oxygens (including phenoxy) is 2. The minimum absolute atomic E-state index is 0.180. The zero-order valence-corrected chi connectivity index (χ0v) is 17.1. The summed E-state index contributed by atoms with van der Waals surface area (Å²) in [5, 5.41) is 0. The smallest absolute Gasteiger partial charge is 0.200 e. The van der Waals surface area contributed by atoms with E-state index < -0.39 is 0 Å². The van der Waals surface area contributed by atoms with E-state index in [1.807, 2.05) is 6.92 Å². The SMILES string of the molecule is CCOC(CC(C)(C)C)Oc1ccc(C(CC(C)C)C(C)C)cc1. The molecular weight excluding hydrogens is 296 g/mol. The molecule has 0 aliphatic rings. The van der Waals surface area contributed by atoms with Crippen LogP contribution in [-0.4, -0.2) is 12.9 Å². The fourth-order valence-corrected chi connectivity index (χ4v) is 3.07. The maximum absolute atomic E-state index is 6.08. The summed E-state index contributed by atoms with van der Waals surface area (Å²) in [5.41, 5.74) is 1.59. The Morgan fingerprint density at radius 3 is 1.96 bits per heavy atom. The molecule has 1 aromatic carbocycles. The van der Waals surface area contributed by atoms with Crippen molar-refractivity contribution in [2.75, 3.05) is 6.61 Å². The van der Waals surface area contributed by atoms with Gasteiger partial charge in [0.15, 0.2) is 6.29 Å². The molecule has 2 nitrogen and oxygen atoms in total. The van der Waals surface area contributed by atoms with Gasteiger partial charge in [-0.3, -0.25) is 0 Å². The quantitative estimate of drug-likeness (QED) is 0.471. The molecule has 1 rings (SSSR count). The van der Waals surface area contributed by atoms with Crippen molar-refractivity contribution in [1.29, 1.82) is 0 Å². The maximum atomic E-state index is 6.08. The molecule has 2 atom stereocenters. The predicted molar refractivity (Wildman–Crippen MR) is 104 cm³/mol. The van der Waals surface area contributed by atoms with Crippen LogP contribution in [0.2, 0.25) is 0 Å². The molecule has 0 bridgehead atoms. The van der Waals surface area contributed by atoms with E-state index in [1.165, 1.54) is 12.0 Å². The van der Waals surface area contributed by atoms with Crippen molar-refractivity contribution < 1.29 is 9.47 Å². The fourth-order valence-electron chi connectivity index (χ4n) is 3.07. The second kappa shape index (κ2) is 9.46. The molecule has 24 heavy (non-hydrogen) atoms. The molecule has 0 spiro atoms. The van der Waals surface area contributed by atoms with Crippen LogP contribution in [0.4, 0.5) is 0 Å². The average Bonchev–Trinajstić information content (AvgIpc) is 2.44. The first-order valence-electron chi connectivity index (χ1n) is 9.50. The van der Waals surface area contributed by atoms with Crippen LogP contribution in [0.1, 0.15) is 79.7 Å². The first kappa shape index (κ1) is 21.0. The molecule has 1 aromatic rings. The van der Waals surface area contributed by atoms with Crippen molar-refractivity contribution >= 4 is 0 Å². The number of benzene rings is 1. The Balaban J connectivity index is 2.81. The van der Waals surface area contributed by atoms with Crippen LogP contribution in [0, 0.1) is 17.3 Å². The molecule has 0 amide bonds. The lowest BCUT2D eigenvalue weighted by Gasteiger charge is -2.27. The second-order valence-electron chi connectivity index (χ2n) is 8.82. The highest BCUT2D eigenvalue weighted by atomic mass is 16.7. The summed E-state index contributed by atoms with van der Waals surface area (Å²) < 4.78 is 11.9. The van der Waals surface area contributed by atoms with E-state index in [2.05, 4.69) is 72.7 Å². The van der Waals surface area contributed by atoms with Crippen molar-refractivity contribution in [3.63, 3.8) is 0 Å². The van der Waals surface area contributed by atoms with Crippen LogP contribution in [0.15, 0.2) is 24.3 Å². The fraction of sp³-hybridized carbons (Fsp3) is 0.727. The van der Waals surface area contributed by atoms with Gasteiger partial charge in [0, 0.05) is 13.0 Å². The van der Waals surface area contributed by atoms with Crippen LogP contribution < -0.4 is 4.74 Å². The minimum atomic E-state index is -0.183. The van der Waals surface area contributed by atoms with Gasteiger partial charge in [0.25, 0.3) is 0 Å². The van der Waals surface area contributed by atoms with Gasteiger partial charge in [0.2, 0.25) is 0 Å². The highest BCUT2D eigenvalue weighted by molar-refractivity contribution is 5.30. The van der Waals surface area contributed by atoms with Gasteiger partial charge in [0.1, 0.15) is 5.75 Å². The maximum Gasteiger partial charge on any atom is 0.200 e. The molecule has 0 aliphatic carbocycles. The molecule has 0 N–H and O–H groups in total. The van der Waals surface area contributed by atoms with E-state index in [4.69, 9.17) is 9.47 Å². The van der Waals surface area contributed by atoms with Crippen molar-refractivity contribution in [1.82, 2.24) is 0 Å². The Bertz CT molecular complexity index is 454. The molecule has 2 heteroatoms. The van der Waals surface area contributed by atoms with E-state index >= 15 is 0 Å². The van der Waals surface area contributed by atoms with Gasteiger partial charge in [-0.2, -0.15) is 0 Å².